The lowest BCUT2D eigenvalue weighted by atomic mass is 9.79. The third-order valence-corrected chi connectivity index (χ3v) is 21.7. The highest BCUT2D eigenvalue weighted by Crippen LogP contribution is 2.54. The number of benzene rings is 16. The monoisotopic (exact) mass is 1280 g/mol. The van der Waals surface area contributed by atoms with Crippen molar-refractivity contribution in [2.75, 3.05) is 0 Å². The maximum atomic E-state index is 6.59. The standard InChI is InChI=1S/C49H32N2O.C46H31NO/c1-49(2)42-27-36(18-20-39(42)41-25-33-8-3-4-9-34(33)26-43(41)49)32-12-7-11-31(22-32)35-17-15-29-14-16-30-19-21-45-47(46(30)40(29)24-35)52-48(51-45)38-23-37-10-5-6-13-44(37)50-28-38;1-46(2)40-27-35(20-22-37(40)38-23-19-28-9-6-7-14-36(28)43(38)46)33-13-8-12-32(25-33)34-18-16-29-15-17-30-21-24-41-44(42(30)39(29)26-34)48-45(47-41)31-10-4-3-5-11-31/h3-28H,1-2H3;3-27H,1-2H3. The third-order valence-electron chi connectivity index (χ3n) is 21.7. The Labute approximate surface area is 578 Å². The molecule has 5 nitrogen and oxygen atoms in total. The van der Waals surface area contributed by atoms with Crippen LogP contribution in [0.2, 0.25) is 0 Å². The fourth-order valence-corrected chi connectivity index (χ4v) is 16.6. The average molecular weight is 1280 g/mol. The van der Waals surface area contributed by atoms with Gasteiger partial charge in [-0.3, -0.25) is 4.98 Å². The minimum absolute atomic E-state index is 0.0849. The van der Waals surface area contributed by atoms with Gasteiger partial charge in [-0.05, 0) is 228 Å². The second-order valence-electron chi connectivity index (χ2n) is 28.2. The summed E-state index contributed by atoms with van der Waals surface area (Å²) >= 11 is 0. The molecule has 0 radical (unpaired) electrons. The smallest absolute Gasteiger partial charge is 0.228 e. The first kappa shape index (κ1) is 57.7. The summed E-state index contributed by atoms with van der Waals surface area (Å²) in [6, 6.07) is 110. The van der Waals surface area contributed by atoms with E-state index in [4.69, 9.17) is 18.8 Å². The van der Waals surface area contributed by atoms with Crippen LogP contribution in [0, 0.1) is 0 Å². The molecule has 3 aromatic heterocycles. The Balaban J connectivity index is 0.000000135. The molecule has 2 aliphatic rings. The minimum Gasteiger partial charge on any atom is -0.435 e. The van der Waals surface area contributed by atoms with Crippen molar-refractivity contribution in [3.63, 3.8) is 0 Å². The third kappa shape index (κ3) is 9.12. The summed E-state index contributed by atoms with van der Waals surface area (Å²) < 4.78 is 13.1. The summed E-state index contributed by atoms with van der Waals surface area (Å²) in [4.78, 5) is 14.4. The normalized spacial score (nSPS) is 13.4. The van der Waals surface area contributed by atoms with Gasteiger partial charge < -0.3 is 8.83 Å². The highest BCUT2D eigenvalue weighted by molar-refractivity contribution is 6.20. The molecule has 470 valence electrons. The first-order valence-corrected chi connectivity index (χ1v) is 34.5. The zero-order valence-corrected chi connectivity index (χ0v) is 55.6. The van der Waals surface area contributed by atoms with Crippen LogP contribution in [0.5, 0.6) is 0 Å². The summed E-state index contributed by atoms with van der Waals surface area (Å²) in [6.07, 6.45) is 1.85. The first-order valence-electron chi connectivity index (χ1n) is 34.5. The summed E-state index contributed by atoms with van der Waals surface area (Å²) in [7, 11) is 0. The molecule has 19 aromatic rings. The molecular weight excluding hydrogens is 1220 g/mol. The number of hydrogen-bond donors (Lipinski definition) is 0. The lowest BCUT2D eigenvalue weighted by Gasteiger charge is -2.23. The number of nitrogens with zero attached hydrogens (tertiary/aromatic N) is 3. The van der Waals surface area contributed by atoms with Gasteiger partial charge >= 0.3 is 0 Å². The maximum Gasteiger partial charge on any atom is 0.228 e. The van der Waals surface area contributed by atoms with Crippen LogP contribution in [0.25, 0.3) is 187 Å². The molecule has 0 N–H and O–H groups in total. The Hall–Kier alpha value is -12.6. The number of aromatic nitrogens is 3. The fraction of sp³-hybridized carbons (Fsp3) is 0.0632. The number of rotatable bonds is 6. The Bertz CT molecular complexity index is 6670. The van der Waals surface area contributed by atoms with Gasteiger partial charge in [-0.25, -0.2) is 9.97 Å². The van der Waals surface area contributed by atoms with Gasteiger partial charge in [-0.2, -0.15) is 0 Å². The van der Waals surface area contributed by atoms with E-state index in [0.29, 0.717) is 11.8 Å². The van der Waals surface area contributed by atoms with E-state index in [1.54, 1.807) is 0 Å². The highest BCUT2D eigenvalue weighted by atomic mass is 16.4. The zero-order chi connectivity index (χ0) is 66.5. The van der Waals surface area contributed by atoms with E-state index in [1.165, 1.54) is 121 Å². The largest absolute Gasteiger partial charge is 0.435 e. The maximum absolute atomic E-state index is 6.59. The van der Waals surface area contributed by atoms with Crippen molar-refractivity contribution in [3.05, 3.63) is 332 Å². The number of hydrogen-bond acceptors (Lipinski definition) is 5. The van der Waals surface area contributed by atoms with Gasteiger partial charge in [0.1, 0.15) is 11.0 Å². The Morgan fingerprint density at radius 2 is 0.670 bits per heavy atom. The Kier molecular flexibility index (Phi) is 12.7. The summed E-state index contributed by atoms with van der Waals surface area (Å²) in [5.41, 5.74) is 26.6. The van der Waals surface area contributed by atoms with E-state index in [-0.39, 0.29) is 10.8 Å². The van der Waals surface area contributed by atoms with Gasteiger partial charge in [0.15, 0.2) is 11.2 Å². The quantitative estimate of drug-likeness (QED) is 0.155. The molecule has 16 aromatic carbocycles. The van der Waals surface area contributed by atoms with E-state index >= 15 is 0 Å². The molecule has 0 atom stereocenters. The average Bonchev–Trinajstić information content (AvgIpc) is 1.56. The van der Waals surface area contributed by atoms with E-state index in [2.05, 4.69) is 287 Å². The predicted molar refractivity (Wildman–Crippen MR) is 416 cm³/mol. The van der Waals surface area contributed by atoms with Crippen LogP contribution in [-0.4, -0.2) is 15.0 Å². The highest BCUT2D eigenvalue weighted by Gasteiger charge is 2.38. The predicted octanol–water partition coefficient (Wildman–Crippen LogP) is 25.7. The Morgan fingerprint density at radius 1 is 0.250 bits per heavy atom. The Morgan fingerprint density at radius 3 is 1.29 bits per heavy atom. The van der Waals surface area contributed by atoms with Crippen molar-refractivity contribution in [1.82, 2.24) is 15.0 Å². The summed E-state index contributed by atoms with van der Waals surface area (Å²) in [5.74, 6) is 1.23. The van der Waals surface area contributed by atoms with E-state index in [9.17, 15) is 0 Å². The molecule has 0 amide bonds. The van der Waals surface area contributed by atoms with Gasteiger partial charge in [0, 0.05) is 38.7 Å². The molecule has 100 heavy (non-hydrogen) atoms. The number of para-hydroxylation sites is 1. The van der Waals surface area contributed by atoms with Crippen molar-refractivity contribution in [1.29, 1.82) is 0 Å². The number of pyridine rings is 1. The van der Waals surface area contributed by atoms with Crippen LogP contribution < -0.4 is 0 Å². The second-order valence-corrected chi connectivity index (χ2v) is 28.2. The molecule has 21 rings (SSSR count). The lowest BCUT2D eigenvalue weighted by molar-refractivity contribution is 0.622. The molecule has 5 heteroatoms. The molecule has 0 saturated carbocycles. The van der Waals surface area contributed by atoms with Crippen LogP contribution in [0.15, 0.2) is 318 Å². The molecule has 0 spiro atoms. The van der Waals surface area contributed by atoms with Gasteiger partial charge in [0.25, 0.3) is 0 Å². The molecular formula is C95H63N3O2. The zero-order valence-electron chi connectivity index (χ0n) is 55.6. The van der Waals surface area contributed by atoms with Gasteiger partial charge in [0.05, 0.1) is 11.1 Å². The van der Waals surface area contributed by atoms with Crippen LogP contribution in [0.3, 0.4) is 0 Å². The van der Waals surface area contributed by atoms with Crippen molar-refractivity contribution in [2.45, 2.75) is 38.5 Å². The van der Waals surface area contributed by atoms with E-state index in [0.717, 1.165) is 76.7 Å². The summed E-state index contributed by atoms with van der Waals surface area (Å²) in [5, 5.41) is 15.4. The molecule has 2 aliphatic carbocycles. The molecule has 0 bridgehead atoms. The fourth-order valence-electron chi connectivity index (χ4n) is 16.6. The van der Waals surface area contributed by atoms with Crippen molar-refractivity contribution in [3.8, 4) is 89.7 Å². The molecule has 0 aliphatic heterocycles. The second kappa shape index (κ2) is 22.0. The molecule has 0 fully saturated rings. The minimum atomic E-state index is -0.0923. The molecule has 0 unspecified atom stereocenters. The molecule has 0 saturated heterocycles. The van der Waals surface area contributed by atoms with E-state index < -0.39 is 0 Å². The topological polar surface area (TPSA) is 65.0 Å². The lowest BCUT2D eigenvalue weighted by Crippen LogP contribution is -2.15. The van der Waals surface area contributed by atoms with Crippen LogP contribution in [0.4, 0.5) is 0 Å². The SMILES string of the molecule is CC1(C)c2cc(-c3cccc(-c4ccc5ccc6ccc7nc(-c8ccccc8)oc7c6c5c4)c3)ccc2-c2ccc3ccccc3c21.CC1(C)c2cc(-c3cccc(-c4ccc5ccc6ccc7nc(-c8cnc9ccccc9c8)oc7c6c5c4)c3)ccc2-c2cc3ccccc3cc21. The van der Waals surface area contributed by atoms with Crippen LogP contribution in [0.1, 0.15) is 49.9 Å². The first-order chi connectivity index (χ1) is 49.0. The van der Waals surface area contributed by atoms with Crippen molar-refractivity contribution >= 4 is 97.7 Å². The number of fused-ring (bicyclic) bond motifs is 20. The van der Waals surface area contributed by atoms with Crippen molar-refractivity contribution < 1.29 is 8.83 Å². The van der Waals surface area contributed by atoms with Gasteiger partial charge in [0.2, 0.25) is 11.8 Å². The summed E-state index contributed by atoms with van der Waals surface area (Å²) in [6.45, 7) is 9.47. The molecule has 3 heterocycles. The van der Waals surface area contributed by atoms with Crippen LogP contribution >= 0.6 is 0 Å². The van der Waals surface area contributed by atoms with Crippen LogP contribution in [-0.2, 0) is 10.8 Å². The van der Waals surface area contributed by atoms with Crippen molar-refractivity contribution in [2.24, 2.45) is 0 Å². The number of oxazole rings is 2. The van der Waals surface area contributed by atoms with Gasteiger partial charge in [-0.1, -0.05) is 246 Å². The van der Waals surface area contributed by atoms with E-state index in [1.807, 2.05) is 54.7 Å². The van der Waals surface area contributed by atoms with Gasteiger partial charge in [-0.15, -0.1) is 0 Å².